The summed E-state index contributed by atoms with van der Waals surface area (Å²) in [7, 11) is -3.35. The van der Waals surface area contributed by atoms with E-state index in [1.165, 1.54) is 11.8 Å². The fraction of sp³-hybridized carbons (Fsp3) is 0.458. The number of nitrogens with zero attached hydrogens (tertiary/aromatic N) is 1. The predicted molar refractivity (Wildman–Crippen MR) is 122 cm³/mol. The van der Waals surface area contributed by atoms with Crippen molar-refractivity contribution in [1.82, 2.24) is 9.62 Å². The van der Waals surface area contributed by atoms with E-state index in [0.717, 1.165) is 36.0 Å². The molecule has 0 aromatic heterocycles. The summed E-state index contributed by atoms with van der Waals surface area (Å²) in [5, 5.41) is 0. The Morgan fingerprint density at radius 1 is 1.13 bits per heavy atom. The molecule has 1 amide bonds. The minimum atomic E-state index is -3.35. The molecule has 5 nitrogen and oxygen atoms in total. The Morgan fingerprint density at radius 2 is 1.83 bits per heavy atom. The molecule has 1 aliphatic rings. The highest BCUT2D eigenvalue weighted by Crippen LogP contribution is 2.26. The molecule has 1 aliphatic heterocycles. The third kappa shape index (κ3) is 5.92. The van der Waals surface area contributed by atoms with Crippen LogP contribution in [0, 0.1) is 6.92 Å². The number of likely N-dealkylation sites (tertiary alicyclic amines) is 1. The number of carbonyl (C=O) groups is 1. The van der Waals surface area contributed by atoms with Gasteiger partial charge in [0.15, 0.2) is 0 Å². The molecule has 2 unspecified atom stereocenters. The number of sulfonamides is 1. The van der Waals surface area contributed by atoms with Crippen LogP contribution in [0.25, 0.3) is 11.1 Å². The van der Waals surface area contributed by atoms with Gasteiger partial charge in [-0.05, 0) is 49.3 Å². The minimum Gasteiger partial charge on any atom is -0.338 e. The summed E-state index contributed by atoms with van der Waals surface area (Å²) in [5.74, 6) is 0.109. The van der Waals surface area contributed by atoms with Crippen LogP contribution >= 0.6 is 0 Å². The van der Waals surface area contributed by atoms with Gasteiger partial charge in [0.1, 0.15) is 0 Å². The molecule has 1 fully saturated rings. The number of aryl methyl sites for hydroxylation is 1. The normalized spacial score (nSPS) is 19.6. The number of benzene rings is 2. The van der Waals surface area contributed by atoms with E-state index >= 15 is 0 Å². The lowest BCUT2D eigenvalue weighted by molar-refractivity contribution is -0.135. The SMILES string of the molecule is CCCC(=O)N1CCCC(NS(C)(=O)=O)C1Cc1cccc(-c2cccc(C)c2)c1. The molecule has 2 aromatic rings. The van der Waals surface area contributed by atoms with E-state index in [9.17, 15) is 13.2 Å². The summed E-state index contributed by atoms with van der Waals surface area (Å²) in [6.07, 6.45) is 4.64. The molecule has 0 bridgehead atoms. The van der Waals surface area contributed by atoms with E-state index in [-0.39, 0.29) is 18.0 Å². The van der Waals surface area contributed by atoms with Gasteiger partial charge in [-0.1, -0.05) is 61.0 Å². The predicted octanol–water partition coefficient (Wildman–Crippen LogP) is 3.91. The molecule has 2 aromatic carbocycles. The largest absolute Gasteiger partial charge is 0.338 e. The molecule has 162 valence electrons. The third-order valence-corrected chi connectivity index (χ3v) is 6.38. The van der Waals surface area contributed by atoms with E-state index in [0.29, 0.717) is 19.4 Å². The topological polar surface area (TPSA) is 66.5 Å². The van der Waals surface area contributed by atoms with Crippen LogP contribution in [-0.4, -0.2) is 44.1 Å². The van der Waals surface area contributed by atoms with Gasteiger partial charge in [-0.25, -0.2) is 13.1 Å². The first-order valence-corrected chi connectivity index (χ1v) is 12.6. The number of piperidine rings is 1. The molecule has 0 spiro atoms. The lowest BCUT2D eigenvalue weighted by Gasteiger charge is -2.41. The number of nitrogens with one attached hydrogen (secondary N) is 1. The molecule has 1 N–H and O–H groups in total. The van der Waals surface area contributed by atoms with Crippen molar-refractivity contribution in [2.75, 3.05) is 12.8 Å². The van der Waals surface area contributed by atoms with Crippen LogP contribution in [0.1, 0.15) is 43.7 Å². The fourth-order valence-corrected chi connectivity index (χ4v) is 5.16. The van der Waals surface area contributed by atoms with Gasteiger partial charge < -0.3 is 4.90 Å². The van der Waals surface area contributed by atoms with Gasteiger partial charge in [-0.15, -0.1) is 0 Å². The first-order valence-electron chi connectivity index (χ1n) is 10.7. The average molecular weight is 429 g/mol. The van der Waals surface area contributed by atoms with Gasteiger partial charge in [0.2, 0.25) is 15.9 Å². The van der Waals surface area contributed by atoms with E-state index in [4.69, 9.17) is 0 Å². The van der Waals surface area contributed by atoms with Crippen LogP contribution in [0.2, 0.25) is 0 Å². The summed E-state index contributed by atoms with van der Waals surface area (Å²) in [5.41, 5.74) is 4.60. The number of hydrogen-bond donors (Lipinski definition) is 1. The van der Waals surface area contributed by atoms with Crippen LogP contribution in [-0.2, 0) is 21.2 Å². The van der Waals surface area contributed by atoms with Crippen molar-refractivity contribution in [1.29, 1.82) is 0 Å². The Hall–Kier alpha value is -2.18. The molecule has 1 heterocycles. The Kier molecular flexibility index (Phi) is 7.32. The second kappa shape index (κ2) is 9.75. The Balaban J connectivity index is 1.90. The van der Waals surface area contributed by atoms with Crippen molar-refractivity contribution in [2.24, 2.45) is 0 Å². The number of amides is 1. The summed E-state index contributed by atoms with van der Waals surface area (Å²) in [6.45, 7) is 4.76. The van der Waals surface area contributed by atoms with Crippen molar-refractivity contribution in [2.45, 2.75) is 58.0 Å². The Bertz CT molecular complexity index is 987. The summed E-state index contributed by atoms with van der Waals surface area (Å²) in [4.78, 5) is 14.7. The standard InChI is InChI=1S/C24H32N2O3S/c1-4-8-24(27)26-14-7-13-22(25-30(3,28)29)23(26)17-19-10-6-12-21(16-19)20-11-5-9-18(2)15-20/h5-6,9-12,15-16,22-23,25H,4,7-8,13-14,17H2,1-3H3. The highest BCUT2D eigenvalue weighted by atomic mass is 32.2. The van der Waals surface area contributed by atoms with Gasteiger partial charge in [-0.2, -0.15) is 0 Å². The summed E-state index contributed by atoms with van der Waals surface area (Å²) >= 11 is 0. The van der Waals surface area contributed by atoms with Crippen LogP contribution in [0.4, 0.5) is 0 Å². The van der Waals surface area contributed by atoms with Crippen molar-refractivity contribution < 1.29 is 13.2 Å². The zero-order valence-electron chi connectivity index (χ0n) is 18.1. The molecule has 30 heavy (non-hydrogen) atoms. The van der Waals surface area contributed by atoms with Gasteiger partial charge >= 0.3 is 0 Å². The van der Waals surface area contributed by atoms with Gasteiger partial charge in [0.25, 0.3) is 0 Å². The van der Waals surface area contributed by atoms with E-state index in [2.05, 4.69) is 54.1 Å². The lowest BCUT2D eigenvalue weighted by atomic mass is 9.90. The van der Waals surface area contributed by atoms with Crippen LogP contribution in [0.15, 0.2) is 48.5 Å². The molecule has 6 heteroatoms. The molecule has 2 atom stereocenters. The first-order chi connectivity index (χ1) is 14.3. The maximum Gasteiger partial charge on any atom is 0.222 e. The van der Waals surface area contributed by atoms with Crippen LogP contribution < -0.4 is 4.72 Å². The smallest absolute Gasteiger partial charge is 0.222 e. The van der Waals surface area contributed by atoms with Crippen molar-refractivity contribution >= 4 is 15.9 Å². The second-order valence-electron chi connectivity index (χ2n) is 8.32. The van der Waals surface area contributed by atoms with Gasteiger partial charge in [-0.3, -0.25) is 4.79 Å². The molecule has 1 saturated heterocycles. The summed E-state index contributed by atoms with van der Waals surface area (Å²) in [6, 6.07) is 16.3. The van der Waals surface area contributed by atoms with Crippen molar-refractivity contribution in [3.63, 3.8) is 0 Å². The first kappa shape index (κ1) is 22.5. The lowest BCUT2D eigenvalue weighted by Crippen LogP contribution is -2.57. The second-order valence-corrected chi connectivity index (χ2v) is 10.1. The summed E-state index contributed by atoms with van der Waals surface area (Å²) < 4.78 is 26.7. The minimum absolute atomic E-state index is 0.109. The molecular formula is C24H32N2O3S. The number of hydrogen-bond acceptors (Lipinski definition) is 3. The molecule has 0 aliphatic carbocycles. The quantitative estimate of drug-likeness (QED) is 0.727. The Morgan fingerprint density at radius 3 is 2.50 bits per heavy atom. The fourth-order valence-electron chi connectivity index (χ4n) is 4.33. The van der Waals surface area contributed by atoms with E-state index < -0.39 is 10.0 Å². The molecule has 0 saturated carbocycles. The van der Waals surface area contributed by atoms with Crippen LogP contribution in [0.3, 0.4) is 0 Å². The maximum absolute atomic E-state index is 12.8. The van der Waals surface area contributed by atoms with Gasteiger partial charge in [0.05, 0.1) is 12.3 Å². The zero-order chi connectivity index (χ0) is 21.7. The average Bonchev–Trinajstić information content (AvgIpc) is 2.68. The third-order valence-electron chi connectivity index (χ3n) is 5.65. The van der Waals surface area contributed by atoms with Gasteiger partial charge in [0, 0.05) is 19.0 Å². The molecular weight excluding hydrogens is 396 g/mol. The highest BCUT2D eigenvalue weighted by Gasteiger charge is 2.35. The van der Waals surface area contributed by atoms with E-state index in [1.54, 1.807) is 0 Å². The zero-order valence-corrected chi connectivity index (χ0v) is 18.9. The molecule has 3 rings (SSSR count). The van der Waals surface area contributed by atoms with Crippen LogP contribution in [0.5, 0.6) is 0 Å². The van der Waals surface area contributed by atoms with Crippen molar-refractivity contribution in [3.05, 3.63) is 59.7 Å². The van der Waals surface area contributed by atoms with Crippen molar-refractivity contribution in [3.8, 4) is 11.1 Å². The monoisotopic (exact) mass is 428 g/mol. The Labute approximate surface area is 180 Å². The van der Waals surface area contributed by atoms with E-state index in [1.807, 2.05) is 17.9 Å². The number of carbonyl (C=O) groups excluding carboxylic acids is 1. The number of rotatable bonds is 7. The highest BCUT2D eigenvalue weighted by molar-refractivity contribution is 7.88. The maximum atomic E-state index is 12.8. The molecule has 0 radical (unpaired) electrons.